The van der Waals surface area contributed by atoms with Crippen LogP contribution in [0.5, 0.6) is 0 Å². The molecule has 1 rings (SSSR count). The first kappa shape index (κ1) is 16.5. The summed E-state index contributed by atoms with van der Waals surface area (Å²) in [6.45, 7) is 0.535. The topological polar surface area (TPSA) is 47.6 Å². The molecule has 1 aromatic carbocycles. The fraction of sp³-hybridized carbons (Fsp3) is 0.462. The van der Waals surface area contributed by atoms with Crippen molar-refractivity contribution in [1.29, 1.82) is 0 Å². The van der Waals surface area contributed by atoms with E-state index in [0.717, 1.165) is 12.1 Å². The summed E-state index contributed by atoms with van der Waals surface area (Å²) in [5, 5.41) is 2.48. The van der Waals surface area contributed by atoms with Gasteiger partial charge in [0.05, 0.1) is 18.8 Å². The van der Waals surface area contributed by atoms with Crippen LogP contribution in [0.15, 0.2) is 24.3 Å². The summed E-state index contributed by atoms with van der Waals surface area (Å²) in [6.07, 6.45) is -4.39. The second-order valence-corrected chi connectivity index (χ2v) is 4.02. The van der Waals surface area contributed by atoms with Crippen molar-refractivity contribution in [3.63, 3.8) is 0 Å². The molecule has 4 nitrogen and oxygen atoms in total. The number of carbonyl (C=O) groups excluding carboxylic acids is 1. The molecule has 0 aliphatic carbocycles. The minimum absolute atomic E-state index is 0.0242. The summed E-state index contributed by atoms with van der Waals surface area (Å²) in [7, 11) is 1.51. The fourth-order valence-corrected chi connectivity index (χ4v) is 1.42. The number of alkyl halides is 3. The van der Waals surface area contributed by atoms with Gasteiger partial charge in [-0.05, 0) is 17.7 Å². The Labute approximate surface area is 114 Å². The van der Waals surface area contributed by atoms with Crippen molar-refractivity contribution in [2.24, 2.45) is 0 Å². The molecule has 0 radical (unpaired) electrons. The van der Waals surface area contributed by atoms with Crippen LogP contribution in [0.1, 0.15) is 11.1 Å². The van der Waals surface area contributed by atoms with E-state index in [2.05, 4.69) is 5.32 Å². The zero-order valence-electron chi connectivity index (χ0n) is 11.0. The molecule has 20 heavy (non-hydrogen) atoms. The Morgan fingerprint density at radius 2 is 2.05 bits per heavy atom. The van der Waals surface area contributed by atoms with Gasteiger partial charge in [0, 0.05) is 13.7 Å². The molecule has 0 aliphatic rings. The molecular formula is C13H16F3NO3. The average Bonchev–Trinajstić information content (AvgIpc) is 2.41. The normalized spacial score (nSPS) is 11.4. The highest BCUT2D eigenvalue weighted by molar-refractivity contribution is 5.77. The minimum Gasteiger partial charge on any atom is -0.382 e. The van der Waals surface area contributed by atoms with Crippen LogP contribution in [0.3, 0.4) is 0 Å². The Kier molecular flexibility index (Phi) is 6.47. The summed E-state index contributed by atoms with van der Waals surface area (Å²) < 4.78 is 47.2. The predicted octanol–water partition coefficient (Wildman–Crippen LogP) is 1.98. The number of halogens is 3. The van der Waals surface area contributed by atoms with Crippen molar-refractivity contribution >= 4 is 5.91 Å². The molecule has 0 unspecified atom stereocenters. The third-order valence-corrected chi connectivity index (χ3v) is 2.41. The first-order valence-electron chi connectivity index (χ1n) is 5.93. The van der Waals surface area contributed by atoms with Gasteiger partial charge in [0.2, 0.25) is 5.91 Å². The Balaban J connectivity index is 2.40. The highest BCUT2D eigenvalue weighted by Crippen LogP contribution is 2.29. The van der Waals surface area contributed by atoms with Gasteiger partial charge >= 0.3 is 6.18 Å². The monoisotopic (exact) mass is 291 g/mol. The number of carbonyl (C=O) groups is 1. The maximum absolute atomic E-state index is 12.5. The Bertz CT molecular complexity index is 435. The highest BCUT2D eigenvalue weighted by atomic mass is 19.4. The van der Waals surface area contributed by atoms with Crippen molar-refractivity contribution in [2.45, 2.75) is 12.7 Å². The van der Waals surface area contributed by atoms with Gasteiger partial charge in [-0.25, -0.2) is 0 Å². The number of benzene rings is 1. The lowest BCUT2D eigenvalue weighted by molar-refractivity contribution is -0.137. The maximum Gasteiger partial charge on any atom is 0.416 e. The van der Waals surface area contributed by atoms with Gasteiger partial charge in [0.1, 0.15) is 6.61 Å². The second kappa shape index (κ2) is 7.86. The smallest absolute Gasteiger partial charge is 0.382 e. The third kappa shape index (κ3) is 6.03. The fourth-order valence-electron chi connectivity index (χ4n) is 1.42. The minimum atomic E-state index is -4.39. The van der Waals surface area contributed by atoms with E-state index in [-0.39, 0.29) is 19.8 Å². The van der Waals surface area contributed by atoms with E-state index in [0.29, 0.717) is 12.2 Å². The number of hydrogen-bond acceptors (Lipinski definition) is 3. The van der Waals surface area contributed by atoms with Crippen molar-refractivity contribution in [2.75, 3.05) is 26.9 Å². The summed E-state index contributed by atoms with van der Waals surface area (Å²) in [6, 6.07) is 4.81. The number of ether oxygens (including phenoxy) is 2. The van der Waals surface area contributed by atoms with E-state index in [1.807, 2.05) is 0 Å². The van der Waals surface area contributed by atoms with Gasteiger partial charge in [-0.1, -0.05) is 12.1 Å². The molecule has 7 heteroatoms. The van der Waals surface area contributed by atoms with Crippen molar-refractivity contribution < 1.29 is 27.4 Å². The Morgan fingerprint density at radius 1 is 1.30 bits per heavy atom. The molecule has 1 amide bonds. The SMILES string of the molecule is COCCOCC(=O)NCc1cccc(C(F)(F)F)c1. The van der Waals surface area contributed by atoms with Gasteiger partial charge in [-0.3, -0.25) is 4.79 Å². The molecule has 112 valence electrons. The number of rotatable bonds is 7. The van der Waals surface area contributed by atoms with Crippen LogP contribution in [-0.4, -0.2) is 32.8 Å². The lowest BCUT2D eigenvalue weighted by atomic mass is 10.1. The zero-order chi connectivity index (χ0) is 15.0. The third-order valence-electron chi connectivity index (χ3n) is 2.41. The summed E-state index contributed by atoms with van der Waals surface area (Å²) in [4.78, 5) is 11.4. The molecule has 1 aromatic rings. The van der Waals surface area contributed by atoms with Crippen molar-refractivity contribution in [3.8, 4) is 0 Å². The molecule has 0 saturated carbocycles. The van der Waals surface area contributed by atoms with Gasteiger partial charge in [-0.2, -0.15) is 13.2 Å². The van der Waals surface area contributed by atoms with Gasteiger partial charge in [0.15, 0.2) is 0 Å². The van der Waals surface area contributed by atoms with Crippen molar-refractivity contribution in [3.05, 3.63) is 35.4 Å². The van der Waals surface area contributed by atoms with E-state index in [1.165, 1.54) is 19.2 Å². The molecule has 0 fully saturated rings. The lowest BCUT2D eigenvalue weighted by Crippen LogP contribution is -2.27. The van der Waals surface area contributed by atoms with E-state index < -0.39 is 17.6 Å². The number of amides is 1. The molecule has 0 spiro atoms. The van der Waals surface area contributed by atoms with Crippen LogP contribution in [-0.2, 0) is 27.0 Å². The van der Waals surface area contributed by atoms with Crippen LogP contribution >= 0.6 is 0 Å². The molecular weight excluding hydrogens is 275 g/mol. The van der Waals surface area contributed by atoms with Crippen LogP contribution in [0.4, 0.5) is 13.2 Å². The average molecular weight is 291 g/mol. The number of hydrogen-bond donors (Lipinski definition) is 1. The highest BCUT2D eigenvalue weighted by Gasteiger charge is 2.30. The van der Waals surface area contributed by atoms with Gasteiger partial charge < -0.3 is 14.8 Å². The molecule has 0 saturated heterocycles. The largest absolute Gasteiger partial charge is 0.416 e. The zero-order valence-corrected chi connectivity index (χ0v) is 11.0. The first-order chi connectivity index (χ1) is 9.43. The van der Waals surface area contributed by atoms with Crippen LogP contribution in [0.2, 0.25) is 0 Å². The summed E-state index contributed by atoms with van der Waals surface area (Å²) in [5.74, 6) is -0.390. The summed E-state index contributed by atoms with van der Waals surface area (Å²) in [5.41, 5.74) is -0.356. The van der Waals surface area contributed by atoms with Crippen LogP contribution in [0, 0.1) is 0 Å². The van der Waals surface area contributed by atoms with E-state index >= 15 is 0 Å². The van der Waals surface area contributed by atoms with E-state index in [1.54, 1.807) is 0 Å². The van der Waals surface area contributed by atoms with Crippen LogP contribution < -0.4 is 5.32 Å². The maximum atomic E-state index is 12.5. The summed E-state index contributed by atoms with van der Waals surface area (Å²) >= 11 is 0. The quantitative estimate of drug-likeness (QED) is 0.782. The molecule has 0 aromatic heterocycles. The Hall–Kier alpha value is -1.60. The van der Waals surface area contributed by atoms with Crippen LogP contribution in [0.25, 0.3) is 0 Å². The molecule has 0 aliphatic heterocycles. The molecule has 0 atom stereocenters. The van der Waals surface area contributed by atoms with Gasteiger partial charge in [-0.15, -0.1) is 0 Å². The second-order valence-electron chi connectivity index (χ2n) is 4.02. The molecule has 1 N–H and O–H groups in total. The Morgan fingerprint density at radius 3 is 2.70 bits per heavy atom. The molecule has 0 heterocycles. The first-order valence-corrected chi connectivity index (χ1v) is 5.93. The molecule has 0 bridgehead atoms. The van der Waals surface area contributed by atoms with E-state index in [4.69, 9.17) is 9.47 Å². The lowest BCUT2D eigenvalue weighted by Gasteiger charge is -2.09. The van der Waals surface area contributed by atoms with Gasteiger partial charge in [0.25, 0.3) is 0 Å². The standard InChI is InChI=1S/C13H16F3NO3/c1-19-5-6-20-9-12(18)17-8-10-3-2-4-11(7-10)13(14,15)16/h2-4,7H,5-6,8-9H2,1H3,(H,17,18). The predicted molar refractivity (Wildman–Crippen MR) is 66.0 cm³/mol. The van der Waals surface area contributed by atoms with Crippen molar-refractivity contribution in [1.82, 2.24) is 5.32 Å². The number of nitrogens with one attached hydrogen (secondary N) is 1. The number of methoxy groups -OCH3 is 1. The van der Waals surface area contributed by atoms with E-state index in [9.17, 15) is 18.0 Å².